The first-order chi connectivity index (χ1) is 15.0. The van der Waals surface area contributed by atoms with Gasteiger partial charge in [0.2, 0.25) is 0 Å². The average molecular weight is 447 g/mol. The second-order valence-corrected chi connectivity index (χ2v) is 8.07. The third-order valence-corrected chi connectivity index (χ3v) is 5.95. The molecule has 164 valence electrons. The molecule has 0 radical (unpaired) electrons. The van der Waals surface area contributed by atoms with Crippen molar-refractivity contribution in [3.05, 3.63) is 64.4 Å². The highest BCUT2D eigenvalue weighted by Gasteiger charge is 2.31. The molecular formula is C23H24ClFN2O4. The van der Waals surface area contributed by atoms with Crippen LogP contribution in [-0.2, 0) is 4.74 Å². The molecular weight excluding hydrogens is 423 g/mol. The van der Waals surface area contributed by atoms with Crippen molar-refractivity contribution in [1.82, 2.24) is 9.80 Å². The van der Waals surface area contributed by atoms with Crippen LogP contribution in [-0.4, -0.2) is 67.1 Å². The molecule has 0 N–H and O–H groups in total. The van der Waals surface area contributed by atoms with E-state index in [1.807, 2.05) is 0 Å². The number of nitrogens with zero attached hydrogens (tertiary/aromatic N) is 2. The molecule has 31 heavy (non-hydrogen) atoms. The highest BCUT2D eigenvalue weighted by Crippen LogP contribution is 2.25. The number of morpholine rings is 1. The van der Waals surface area contributed by atoms with E-state index < -0.39 is 5.82 Å². The van der Waals surface area contributed by atoms with E-state index in [9.17, 15) is 14.0 Å². The molecule has 2 aromatic carbocycles. The van der Waals surface area contributed by atoms with E-state index in [4.69, 9.17) is 21.1 Å². The molecule has 8 heteroatoms. The van der Waals surface area contributed by atoms with Gasteiger partial charge in [-0.25, -0.2) is 4.39 Å². The minimum Gasteiger partial charge on any atom is -0.491 e. The second-order valence-electron chi connectivity index (χ2n) is 7.66. The van der Waals surface area contributed by atoms with Crippen molar-refractivity contribution in [3.63, 3.8) is 0 Å². The third kappa shape index (κ3) is 4.99. The maximum Gasteiger partial charge on any atom is 0.255 e. The van der Waals surface area contributed by atoms with E-state index in [1.54, 1.807) is 34.1 Å². The highest BCUT2D eigenvalue weighted by atomic mass is 35.5. The maximum absolute atomic E-state index is 13.3. The van der Waals surface area contributed by atoms with Crippen molar-refractivity contribution in [3.8, 4) is 5.75 Å². The van der Waals surface area contributed by atoms with Gasteiger partial charge in [0.1, 0.15) is 18.2 Å². The average Bonchev–Trinajstić information content (AvgIpc) is 3.26. The van der Waals surface area contributed by atoms with Gasteiger partial charge >= 0.3 is 0 Å². The quantitative estimate of drug-likeness (QED) is 0.703. The summed E-state index contributed by atoms with van der Waals surface area (Å²) in [6.07, 6.45) is 1.68. The SMILES string of the molecule is O=C(c1ccc(OC[C@@H]2CCCN2C(=O)c2ccc(F)cc2Cl)cc1)N1CCOCC1. The molecule has 2 amide bonds. The Kier molecular flexibility index (Phi) is 6.73. The van der Waals surface area contributed by atoms with E-state index in [0.29, 0.717) is 56.3 Å². The van der Waals surface area contributed by atoms with Crippen LogP contribution in [0.2, 0.25) is 5.02 Å². The molecule has 2 heterocycles. The summed E-state index contributed by atoms with van der Waals surface area (Å²) in [5.74, 6) is -0.0720. The van der Waals surface area contributed by atoms with Gasteiger partial charge in [-0.1, -0.05) is 11.6 Å². The first kappa shape index (κ1) is 21.6. The van der Waals surface area contributed by atoms with Crippen LogP contribution in [0.1, 0.15) is 33.6 Å². The van der Waals surface area contributed by atoms with Crippen LogP contribution in [0.3, 0.4) is 0 Å². The summed E-state index contributed by atoms with van der Waals surface area (Å²) in [7, 11) is 0. The molecule has 0 saturated carbocycles. The minimum absolute atomic E-state index is 0.0152. The van der Waals surface area contributed by atoms with Gasteiger partial charge in [0.15, 0.2) is 0 Å². The lowest BCUT2D eigenvalue weighted by molar-refractivity contribution is 0.0303. The largest absolute Gasteiger partial charge is 0.491 e. The molecule has 2 fully saturated rings. The molecule has 2 aliphatic rings. The van der Waals surface area contributed by atoms with Crippen LogP contribution in [0.5, 0.6) is 5.75 Å². The molecule has 0 spiro atoms. The van der Waals surface area contributed by atoms with Gasteiger partial charge in [0.25, 0.3) is 11.8 Å². The number of carbonyl (C=O) groups is 2. The van der Waals surface area contributed by atoms with Crippen molar-refractivity contribution in [2.45, 2.75) is 18.9 Å². The second kappa shape index (κ2) is 9.66. The van der Waals surface area contributed by atoms with Gasteiger partial charge in [-0.15, -0.1) is 0 Å². The third-order valence-electron chi connectivity index (χ3n) is 5.64. The Hall–Kier alpha value is -2.64. The molecule has 0 bridgehead atoms. The minimum atomic E-state index is -0.474. The lowest BCUT2D eigenvalue weighted by atomic mass is 10.1. The Labute approximate surface area is 185 Å². The van der Waals surface area contributed by atoms with Crippen LogP contribution < -0.4 is 4.74 Å². The zero-order valence-electron chi connectivity index (χ0n) is 17.1. The zero-order chi connectivity index (χ0) is 21.8. The van der Waals surface area contributed by atoms with E-state index >= 15 is 0 Å². The van der Waals surface area contributed by atoms with Crippen LogP contribution >= 0.6 is 11.6 Å². The summed E-state index contributed by atoms with van der Waals surface area (Å²) >= 11 is 6.06. The van der Waals surface area contributed by atoms with Crippen molar-refractivity contribution >= 4 is 23.4 Å². The van der Waals surface area contributed by atoms with Crippen molar-refractivity contribution in [2.75, 3.05) is 39.5 Å². The Morgan fingerprint density at radius 2 is 1.81 bits per heavy atom. The highest BCUT2D eigenvalue weighted by molar-refractivity contribution is 6.33. The number of carbonyl (C=O) groups excluding carboxylic acids is 2. The van der Waals surface area contributed by atoms with Crippen LogP contribution in [0.4, 0.5) is 4.39 Å². The van der Waals surface area contributed by atoms with Gasteiger partial charge in [0.05, 0.1) is 29.8 Å². The molecule has 0 aliphatic carbocycles. The molecule has 2 saturated heterocycles. The first-order valence-corrected chi connectivity index (χ1v) is 10.8. The summed E-state index contributed by atoms with van der Waals surface area (Å²) in [4.78, 5) is 28.9. The number of hydrogen-bond acceptors (Lipinski definition) is 4. The molecule has 4 rings (SSSR count). The molecule has 0 unspecified atom stereocenters. The molecule has 1 atom stereocenters. The van der Waals surface area contributed by atoms with Gasteiger partial charge in [-0.2, -0.15) is 0 Å². The molecule has 2 aromatic rings. The van der Waals surface area contributed by atoms with Gasteiger partial charge in [-0.3, -0.25) is 9.59 Å². The number of hydrogen-bond donors (Lipinski definition) is 0. The zero-order valence-corrected chi connectivity index (χ0v) is 17.8. The molecule has 2 aliphatic heterocycles. The molecule has 6 nitrogen and oxygen atoms in total. The number of amides is 2. The predicted octanol–water partition coefficient (Wildman–Crippen LogP) is 3.64. The Bertz CT molecular complexity index is 947. The van der Waals surface area contributed by atoms with Crippen LogP contribution in [0.25, 0.3) is 0 Å². The van der Waals surface area contributed by atoms with Gasteiger partial charge < -0.3 is 19.3 Å². The summed E-state index contributed by atoms with van der Waals surface area (Å²) < 4.78 is 24.5. The Balaban J connectivity index is 1.36. The number of ether oxygens (including phenoxy) is 2. The lowest BCUT2D eigenvalue weighted by Gasteiger charge is -2.27. The van der Waals surface area contributed by atoms with E-state index in [0.717, 1.165) is 18.9 Å². The number of benzene rings is 2. The van der Waals surface area contributed by atoms with Crippen LogP contribution in [0.15, 0.2) is 42.5 Å². The standard InChI is InChI=1S/C23H24ClFN2O4/c24-21-14-17(25)5-8-20(21)23(29)27-9-1-2-18(27)15-31-19-6-3-16(4-7-19)22(28)26-10-12-30-13-11-26/h3-8,14,18H,1-2,9-13,15H2/t18-/m0/s1. The molecule has 0 aromatic heterocycles. The van der Waals surface area contributed by atoms with Crippen molar-refractivity contribution in [2.24, 2.45) is 0 Å². The fraction of sp³-hybridized carbons (Fsp3) is 0.391. The summed E-state index contributed by atoms with van der Waals surface area (Å²) in [5, 5.41) is 0.108. The Morgan fingerprint density at radius 1 is 1.06 bits per heavy atom. The normalized spacial score (nSPS) is 18.8. The Morgan fingerprint density at radius 3 is 2.52 bits per heavy atom. The summed E-state index contributed by atoms with van der Waals surface area (Å²) in [6.45, 7) is 3.26. The fourth-order valence-corrected chi connectivity index (χ4v) is 4.18. The monoisotopic (exact) mass is 446 g/mol. The number of halogens is 2. The van der Waals surface area contributed by atoms with Crippen LogP contribution in [0, 0.1) is 5.82 Å². The van der Waals surface area contributed by atoms with Crippen molar-refractivity contribution in [1.29, 1.82) is 0 Å². The van der Waals surface area contributed by atoms with Gasteiger partial charge in [-0.05, 0) is 55.3 Å². The maximum atomic E-state index is 13.3. The van der Waals surface area contributed by atoms with Gasteiger partial charge in [0, 0.05) is 25.2 Å². The van der Waals surface area contributed by atoms with E-state index in [2.05, 4.69) is 0 Å². The number of likely N-dealkylation sites (tertiary alicyclic amines) is 1. The predicted molar refractivity (Wildman–Crippen MR) is 114 cm³/mol. The summed E-state index contributed by atoms with van der Waals surface area (Å²) in [6, 6.07) is 10.8. The van der Waals surface area contributed by atoms with Crippen molar-refractivity contribution < 1.29 is 23.5 Å². The number of rotatable bonds is 5. The lowest BCUT2D eigenvalue weighted by Crippen LogP contribution is -2.40. The topological polar surface area (TPSA) is 59.1 Å². The first-order valence-electron chi connectivity index (χ1n) is 10.4. The van der Waals surface area contributed by atoms with E-state index in [1.165, 1.54) is 12.1 Å². The summed E-state index contributed by atoms with van der Waals surface area (Å²) in [5.41, 5.74) is 0.902. The smallest absolute Gasteiger partial charge is 0.255 e. The fourth-order valence-electron chi connectivity index (χ4n) is 3.93. The van der Waals surface area contributed by atoms with E-state index in [-0.39, 0.29) is 22.9 Å².